The van der Waals surface area contributed by atoms with E-state index in [-0.39, 0.29) is 11.5 Å². The average molecular weight is 333 g/mol. The van der Waals surface area contributed by atoms with Crippen molar-refractivity contribution in [2.75, 3.05) is 23.4 Å². The second-order valence-corrected chi connectivity index (χ2v) is 7.82. The number of para-hydroxylation sites is 1. The van der Waals surface area contributed by atoms with Crippen LogP contribution in [-0.2, 0) is 9.84 Å². The van der Waals surface area contributed by atoms with E-state index >= 15 is 0 Å². The van der Waals surface area contributed by atoms with Crippen LogP contribution in [-0.4, -0.2) is 32.0 Å². The molecule has 0 spiro atoms. The fourth-order valence-corrected chi connectivity index (χ4v) is 4.64. The van der Waals surface area contributed by atoms with E-state index in [0.717, 1.165) is 16.6 Å². The molecule has 6 heteroatoms. The number of benzene rings is 1. The van der Waals surface area contributed by atoms with Gasteiger partial charge in [0.15, 0.2) is 9.84 Å². The molecule has 100 valence electrons. The van der Waals surface area contributed by atoms with Crippen LogP contribution in [0.25, 0.3) is 0 Å². The van der Waals surface area contributed by atoms with Gasteiger partial charge in [0.1, 0.15) is 0 Å². The van der Waals surface area contributed by atoms with E-state index in [0.29, 0.717) is 13.0 Å². The highest BCUT2D eigenvalue weighted by atomic mass is 79.9. The first-order valence-corrected chi connectivity index (χ1v) is 8.51. The van der Waals surface area contributed by atoms with Gasteiger partial charge in [-0.25, -0.2) is 8.42 Å². The Morgan fingerprint density at radius 1 is 1.39 bits per heavy atom. The molecule has 4 nitrogen and oxygen atoms in total. The monoisotopic (exact) mass is 332 g/mol. The molecule has 0 aromatic heterocycles. The van der Waals surface area contributed by atoms with Crippen molar-refractivity contribution in [3.63, 3.8) is 0 Å². The average Bonchev–Trinajstić information content (AvgIpc) is 2.31. The number of sulfone groups is 1. The number of nitrogens with one attached hydrogen (secondary N) is 1. The summed E-state index contributed by atoms with van der Waals surface area (Å²) in [6.45, 7) is 0.313. The zero-order valence-corrected chi connectivity index (χ0v) is 12.4. The van der Waals surface area contributed by atoms with Crippen LogP contribution in [0.1, 0.15) is 12.8 Å². The predicted octanol–water partition coefficient (Wildman–Crippen LogP) is 1.77. The smallest absolute Gasteiger partial charge is 0.152 e. The molecule has 1 aromatic rings. The molecular formula is C12H17BrN2O2S. The van der Waals surface area contributed by atoms with E-state index in [1.165, 1.54) is 0 Å². The summed E-state index contributed by atoms with van der Waals surface area (Å²) in [5.41, 5.74) is 6.16. The van der Waals surface area contributed by atoms with Crippen molar-refractivity contribution in [3.05, 3.63) is 28.7 Å². The van der Waals surface area contributed by atoms with Crippen molar-refractivity contribution in [2.45, 2.75) is 18.4 Å². The molecule has 3 N–H and O–H groups in total. The van der Waals surface area contributed by atoms with Gasteiger partial charge in [0.25, 0.3) is 0 Å². The molecular weight excluding hydrogens is 316 g/mol. The lowest BCUT2D eigenvalue weighted by Gasteiger charge is -2.37. The highest BCUT2D eigenvalue weighted by molar-refractivity contribution is 9.10. The first-order valence-electron chi connectivity index (χ1n) is 5.90. The Kier molecular flexibility index (Phi) is 3.99. The summed E-state index contributed by atoms with van der Waals surface area (Å²) in [6.07, 6.45) is 1.45. The van der Waals surface area contributed by atoms with Crippen LogP contribution >= 0.6 is 15.9 Å². The Bertz CT molecular complexity index is 533. The molecule has 0 radical (unpaired) electrons. The molecule has 2 rings (SSSR count). The molecule has 1 atom stereocenters. The van der Waals surface area contributed by atoms with Crippen molar-refractivity contribution >= 4 is 31.5 Å². The standard InChI is InChI=1S/C12H17BrN2O2S/c13-10-4-1-2-5-11(10)15-12(8-14)6-3-7-18(16,17)9-12/h1-2,4-5,15H,3,6-9,14H2. The number of rotatable bonds is 3. The highest BCUT2D eigenvalue weighted by Crippen LogP contribution is 2.30. The maximum atomic E-state index is 11.8. The number of anilines is 1. The lowest BCUT2D eigenvalue weighted by atomic mass is 9.95. The summed E-state index contributed by atoms with van der Waals surface area (Å²) in [5, 5.41) is 3.32. The van der Waals surface area contributed by atoms with Crippen LogP contribution < -0.4 is 11.1 Å². The molecule has 1 saturated heterocycles. The lowest BCUT2D eigenvalue weighted by molar-refractivity contribution is 0.450. The minimum atomic E-state index is -2.99. The molecule has 1 unspecified atom stereocenters. The SMILES string of the molecule is NCC1(Nc2ccccc2Br)CCCS(=O)(=O)C1. The van der Waals surface area contributed by atoms with Crippen LogP contribution in [0.5, 0.6) is 0 Å². The van der Waals surface area contributed by atoms with Crippen LogP contribution in [0.15, 0.2) is 28.7 Å². The Hall–Kier alpha value is -0.590. The van der Waals surface area contributed by atoms with Gasteiger partial charge in [-0.2, -0.15) is 0 Å². The second-order valence-electron chi connectivity index (χ2n) is 4.78. The quantitative estimate of drug-likeness (QED) is 0.884. The summed E-state index contributed by atoms with van der Waals surface area (Å²) < 4.78 is 24.5. The minimum absolute atomic E-state index is 0.109. The van der Waals surface area contributed by atoms with Crippen molar-refractivity contribution in [1.82, 2.24) is 0 Å². The molecule has 1 aliphatic rings. The van der Waals surface area contributed by atoms with Crippen molar-refractivity contribution < 1.29 is 8.42 Å². The summed E-state index contributed by atoms with van der Waals surface area (Å²) in [7, 11) is -2.99. The zero-order chi connectivity index (χ0) is 13.2. The molecule has 0 saturated carbocycles. The largest absolute Gasteiger partial charge is 0.376 e. The molecule has 1 heterocycles. The topological polar surface area (TPSA) is 72.2 Å². The van der Waals surface area contributed by atoms with Gasteiger partial charge in [-0.3, -0.25) is 0 Å². The summed E-state index contributed by atoms with van der Waals surface area (Å²) in [5.74, 6) is 0.379. The minimum Gasteiger partial charge on any atom is -0.376 e. The van der Waals surface area contributed by atoms with Gasteiger partial charge >= 0.3 is 0 Å². The van der Waals surface area contributed by atoms with Gasteiger partial charge in [-0.15, -0.1) is 0 Å². The van der Waals surface area contributed by atoms with E-state index in [2.05, 4.69) is 21.2 Å². The van der Waals surface area contributed by atoms with Gasteiger partial charge in [0.2, 0.25) is 0 Å². The van der Waals surface area contributed by atoms with Gasteiger partial charge in [0, 0.05) is 16.7 Å². The van der Waals surface area contributed by atoms with Gasteiger partial charge in [0.05, 0.1) is 17.0 Å². The number of nitrogens with two attached hydrogens (primary N) is 1. The van der Waals surface area contributed by atoms with Crippen LogP contribution in [0.3, 0.4) is 0 Å². The van der Waals surface area contributed by atoms with E-state index < -0.39 is 15.4 Å². The third kappa shape index (κ3) is 3.05. The third-order valence-corrected chi connectivity index (χ3v) is 5.87. The number of halogens is 1. The van der Waals surface area contributed by atoms with E-state index in [1.807, 2.05) is 24.3 Å². The van der Waals surface area contributed by atoms with E-state index in [1.54, 1.807) is 0 Å². The normalized spacial score (nSPS) is 26.8. The van der Waals surface area contributed by atoms with E-state index in [4.69, 9.17) is 5.73 Å². The molecule has 0 bridgehead atoms. The Labute approximate surface area is 116 Å². The molecule has 1 fully saturated rings. The molecule has 1 aliphatic heterocycles. The first kappa shape index (κ1) is 13.8. The number of hydrogen-bond acceptors (Lipinski definition) is 4. The summed E-state index contributed by atoms with van der Waals surface area (Å²) in [6, 6.07) is 7.67. The molecule has 18 heavy (non-hydrogen) atoms. The first-order chi connectivity index (χ1) is 8.46. The molecule has 0 aliphatic carbocycles. The fourth-order valence-electron chi connectivity index (χ4n) is 2.35. The Morgan fingerprint density at radius 3 is 2.72 bits per heavy atom. The van der Waals surface area contributed by atoms with Crippen molar-refractivity contribution in [2.24, 2.45) is 5.73 Å². The number of hydrogen-bond donors (Lipinski definition) is 2. The van der Waals surface area contributed by atoms with Gasteiger partial charge < -0.3 is 11.1 Å². The fraction of sp³-hybridized carbons (Fsp3) is 0.500. The predicted molar refractivity (Wildman–Crippen MR) is 77.4 cm³/mol. The van der Waals surface area contributed by atoms with Gasteiger partial charge in [-0.05, 0) is 40.9 Å². The zero-order valence-electron chi connectivity index (χ0n) is 10.0. The second kappa shape index (κ2) is 5.19. The van der Waals surface area contributed by atoms with Crippen molar-refractivity contribution in [1.29, 1.82) is 0 Å². The Balaban J connectivity index is 2.26. The lowest BCUT2D eigenvalue weighted by Crippen LogP contribution is -2.54. The maximum absolute atomic E-state index is 11.8. The van der Waals surface area contributed by atoms with E-state index in [9.17, 15) is 8.42 Å². The summed E-state index contributed by atoms with van der Waals surface area (Å²) >= 11 is 3.45. The Morgan fingerprint density at radius 2 is 2.11 bits per heavy atom. The third-order valence-electron chi connectivity index (χ3n) is 3.27. The van der Waals surface area contributed by atoms with Crippen LogP contribution in [0.4, 0.5) is 5.69 Å². The molecule has 1 aromatic carbocycles. The van der Waals surface area contributed by atoms with Crippen LogP contribution in [0, 0.1) is 0 Å². The maximum Gasteiger partial charge on any atom is 0.152 e. The van der Waals surface area contributed by atoms with Crippen LogP contribution in [0.2, 0.25) is 0 Å². The molecule has 0 amide bonds. The summed E-state index contributed by atoms with van der Waals surface area (Å²) in [4.78, 5) is 0. The van der Waals surface area contributed by atoms with Crippen molar-refractivity contribution in [3.8, 4) is 0 Å². The highest BCUT2D eigenvalue weighted by Gasteiger charge is 2.38. The van der Waals surface area contributed by atoms with Gasteiger partial charge in [-0.1, -0.05) is 12.1 Å².